The molecule has 5 heteroatoms. The molecule has 4 N–H and O–H groups in total. The smallest absolute Gasteiger partial charge is 0.169 e. The predicted octanol–water partition coefficient (Wildman–Crippen LogP) is 1.06. The number of nitrogens with two attached hydrogens (primary N) is 2. The first-order valence-electron chi connectivity index (χ1n) is 6.21. The minimum absolute atomic E-state index is 0.320. The molecule has 2 rings (SSSR count). The van der Waals surface area contributed by atoms with E-state index in [0.717, 1.165) is 12.1 Å². The van der Waals surface area contributed by atoms with Gasteiger partial charge in [-0.2, -0.15) is 5.10 Å². The second kappa shape index (κ2) is 4.87. The standard InChI is InChI=1S/C12H21N5/c1-8(2)17-5-3-4-10(17)6-9-7-11(13)12(14)16-15-9/h7-8,10H,3-6H2,1-2H3,(H2,13,15)(H2,14,16). The normalized spacial score (nSPS) is 21.2. The molecule has 94 valence electrons. The maximum atomic E-state index is 5.75. The molecule has 1 atom stereocenters. The fourth-order valence-corrected chi connectivity index (χ4v) is 2.56. The SMILES string of the molecule is CC(C)N1CCCC1Cc1cc(N)c(N)nn1. The summed E-state index contributed by atoms with van der Waals surface area (Å²) in [6, 6.07) is 2.99. The van der Waals surface area contributed by atoms with Crippen LogP contribution in [0.25, 0.3) is 0 Å². The third kappa shape index (κ3) is 2.66. The highest BCUT2D eigenvalue weighted by molar-refractivity contribution is 5.57. The first kappa shape index (κ1) is 12.1. The molecule has 1 aliphatic heterocycles. The third-order valence-electron chi connectivity index (χ3n) is 3.43. The van der Waals surface area contributed by atoms with Gasteiger partial charge in [0.25, 0.3) is 0 Å². The van der Waals surface area contributed by atoms with E-state index in [1.165, 1.54) is 19.4 Å². The molecule has 0 spiro atoms. The fraction of sp³-hybridized carbons (Fsp3) is 0.667. The van der Waals surface area contributed by atoms with Crippen molar-refractivity contribution in [2.75, 3.05) is 18.0 Å². The summed E-state index contributed by atoms with van der Waals surface area (Å²) in [6.45, 7) is 5.66. The Hall–Kier alpha value is -1.36. The Kier molecular flexibility index (Phi) is 3.47. The van der Waals surface area contributed by atoms with Gasteiger partial charge in [-0.3, -0.25) is 4.90 Å². The van der Waals surface area contributed by atoms with Gasteiger partial charge in [-0.05, 0) is 39.3 Å². The van der Waals surface area contributed by atoms with E-state index in [-0.39, 0.29) is 0 Å². The molecule has 1 fully saturated rings. The summed E-state index contributed by atoms with van der Waals surface area (Å²) >= 11 is 0. The molecular weight excluding hydrogens is 214 g/mol. The fourth-order valence-electron chi connectivity index (χ4n) is 2.56. The average Bonchev–Trinajstić information content (AvgIpc) is 2.72. The van der Waals surface area contributed by atoms with Crippen LogP contribution in [0.3, 0.4) is 0 Å². The molecule has 1 aliphatic rings. The number of likely N-dealkylation sites (tertiary alicyclic amines) is 1. The Balaban J connectivity index is 2.07. The number of nitrogen functional groups attached to an aromatic ring is 2. The van der Waals surface area contributed by atoms with E-state index >= 15 is 0 Å². The summed E-state index contributed by atoms with van der Waals surface area (Å²) in [5.41, 5.74) is 12.8. The lowest BCUT2D eigenvalue weighted by molar-refractivity contribution is 0.201. The maximum Gasteiger partial charge on any atom is 0.169 e. The number of aromatic nitrogens is 2. The maximum absolute atomic E-state index is 5.75. The van der Waals surface area contributed by atoms with Crippen LogP contribution in [0.4, 0.5) is 11.5 Å². The second-order valence-electron chi connectivity index (χ2n) is 5.01. The van der Waals surface area contributed by atoms with Gasteiger partial charge in [-0.1, -0.05) is 0 Å². The molecule has 0 amide bonds. The van der Waals surface area contributed by atoms with Crippen LogP contribution in [0.5, 0.6) is 0 Å². The first-order chi connectivity index (χ1) is 8.08. The highest BCUT2D eigenvalue weighted by Gasteiger charge is 2.27. The molecule has 0 bridgehead atoms. The first-order valence-corrected chi connectivity index (χ1v) is 6.21. The van der Waals surface area contributed by atoms with Crippen molar-refractivity contribution in [2.24, 2.45) is 0 Å². The molecule has 1 unspecified atom stereocenters. The van der Waals surface area contributed by atoms with Crippen molar-refractivity contribution >= 4 is 11.5 Å². The number of hydrogen-bond donors (Lipinski definition) is 2. The molecule has 1 aromatic heterocycles. The van der Waals surface area contributed by atoms with Crippen LogP contribution < -0.4 is 11.5 Å². The van der Waals surface area contributed by atoms with Gasteiger partial charge in [0.1, 0.15) is 0 Å². The Morgan fingerprint density at radius 2 is 2.18 bits per heavy atom. The van der Waals surface area contributed by atoms with Crippen molar-refractivity contribution in [2.45, 2.75) is 45.2 Å². The highest BCUT2D eigenvalue weighted by atomic mass is 15.2. The van der Waals surface area contributed by atoms with E-state index in [1.807, 2.05) is 6.07 Å². The largest absolute Gasteiger partial charge is 0.396 e. The molecule has 0 aromatic carbocycles. The van der Waals surface area contributed by atoms with Gasteiger partial charge in [0.2, 0.25) is 0 Å². The molecule has 5 nitrogen and oxygen atoms in total. The summed E-state index contributed by atoms with van der Waals surface area (Å²) in [5, 5.41) is 7.99. The van der Waals surface area contributed by atoms with Crippen LogP contribution in [-0.4, -0.2) is 33.7 Å². The molecule has 1 saturated heterocycles. The Bertz CT molecular complexity index is 390. The van der Waals surface area contributed by atoms with Crippen LogP contribution >= 0.6 is 0 Å². The number of anilines is 2. The van der Waals surface area contributed by atoms with Crippen molar-refractivity contribution in [3.63, 3.8) is 0 Å². The second-order valence-corrected chi connectivity index (χ2v) is 5.01. The van der Waals surface area contributed by atoms with E-state index in [0.29, 0.717) is 23.6 Å². The topological polar surface area (TPSA) is 81.1 Å². The average molecular weight is 235 g/mol. The molecule has 1 aromatic rings. The molecule has 2 heterocycles. The summed E-state index contributed by atoms with van der Waals surface area (Å²) in [7, 11) is 0. The van der Waals surface area contributed by atoms with Crippen LogP contribution in [-0.2, 0) is 6.42 Å². The number of rotatable bonds is 3. The van der Waals surface area contributed by atoms with Crippen molar-refractivity contribution in [1.29, 1.82) is 0 Å². The van der Waals surface area contributed by atoms with Crippen LogP contribution in [0, 0.1) is 0 Å². The van der Waals surface area contributed by atoms with Crippen LogP contribution in [0.1, 0.15) is 32.4 Å². The third-order valence-corrected chi connectivity index (χ3v) is 3.43. The molecule has 0 radical (unpaired) electrons. The zero-order chi connectivity index (χ0) is 12.4. The van der Waals surface area contributed by atoms with Gasteiger partial charge in [0, 0.05) is 18.5 Å². The van der Waals surface area contributed by atoms with Crippen LogP contribution in [0.15, 0.2) is 6.07 Å². The van der Waals surface area contributed by atoms with Gasteiger partial charge in [-0.15, -0.1) is 5.10 Å². The monoisotopic (exact) mass is 235 g/mol. The zero-order valence-corrected chi connectivity index (χ0v) is 10.6. The minimum atomic E-state index is 0.320. The van der Waals surface area contributed by atoms with E-state index in [4.69, 9.17) is 11.5 Å². The van der Waals surface area contributed by atoms with Crippen molar-refractivity contribution in [3.05, 3.63) is 11.8 Å². The van der Waals surface area contributed by atoms with Crippen molar-refractivity contribution in [3.8, 4) is 0 Å². The van der Waals surface area contributed by atoms with Gasteiger partial charge in [-0.25, -0.2) is 0 Å². The quantitative estimate of drug-likeness (QED) is 0.818. The molecule has 0 aliphatic carbocycles. The van der Waals surface area contributed by atoms with Crippen molar-refractivity contribution in [1.82, 2.24) is 15.1 Å². The van der Waals surface area contributed by atoms with E-state index in [9.17, 15) is 0 Å². The van der Waals surface area contributed by atoms with Gasteiger partial charge >= 0.3 is 0 Å². The lowest BCUT2D eigenvalue weighted by Gasteiger charge is -2.27. The Morgan fingerprint density at radius 1 is 1.41 bits per heavy atom. The molecule has 0 saturated carbocycles. The zero-order valence-electron chi connectivity index (χ0n) is 10.6. The van der Waals surface area contributed by atoms with E-state index in [1.54, 1.807) is 0 Å². The Morgan fingerprint density at radius 3 is 2.82 bits per heavy atom. The predicted molar refractivity (Wildman–Crippen MR) is 69.4 cm³/mol. The summed E-state index contributed by atoms with van der Waals surface area (Å²) < 4.78 is 0. The van der Waals surface area contributed by atoms with Crippen LogP contribution in [0.2, 0.25) is 0 Å². The molecule has 17 heavy (non-hydrogen) atoms. The lowest BCUT2D eigenvalue weighted by atomic mass is 10.1. The lowest BCUT2D eigenvalue weighted by Crippen LogP contribution is -2.36. The minimum Gasteiger partial charge on any atom is -0.396 e. The number of nitrogens with zero attached hydrogens (tertiary/aromatic N) is 3. The summed E-state index contributed by atoms with van der Waals surface area (Å²) in [6.07, 6.45) is 3.40. The molecular formula is C12H21N5. The highest BCUT2D eigenvalue weighted by Crippen LogP contribution is 2.23. The number of hydrogen-bond acceptors (Lipinski definition) is 5. The Labute approximate surface area is 102 Å². The van der Waals surface area contributed by atoms with Gasteiger partial charge < -0.3 is 11.5 Å². The van der Waals surface area contributed by atoms with E-state index < -0.39 is 0 Å². The van der Waals surface area contributed by atoms with Crippen molar-refractivity contribution < 1.29 is 0 Å². The van der Waals surface area contributed by atoms with E-state index in [2.05, 4.69) is 28.9 Å². The summed E-state index contributed by atoms with van der Waals surface area (Å²) in [5.74, 6) is 0.320. The summed E-state index contributed by atoms with van der Waals surface area (Å²) in [4.78, 5) is 2.52. The van der Waals surface area contributed by atoms with Gasteiger partial charge in [0.05, 0.1) is 11.4 Å². The van der Waals surface area contributed by atoms with Gasteiger partial charge in [0.15, 0.2) is 5.82 Å².